The van der Waals surface area contributed by atoms with Gasteiger partial charge in [-0.05, 0) is 55.8 Å². The van der Waals surface area contributed by atoms with Gasteiger partial charge in [0.05, 0.1) is 24.5 Å². The third kappa shape index (κ3) is 3.13. The molecule has 1 N–H and O–H groups in total. The first-order valence-corrected chi connectivity index (χ1v) is 12.2. The number of aryl methyl sites for hydroxylation is 1. The minimum Gasteiger partial charge on any atom is -0.492 e. The number of rotatable bonds is 7. The lowest BCUT2D eigenvalue weighted by molar-refractivity contribution is -0.106. The third-order valence-corrected chi connectivity index (χ3v) is 8.29. The molecule has 1 saturated carbocycles. The van der Waals surface area contributed by atoms with Crippen molar-refractivity contribution in [3.8, 4) is 5.75 Å². The van der Waals surface area contributed by atoms with E-state index < -0.39 is 0 Å². The van der Waals surface area contributed by atoms with E-state index in [0.717, 1.165) is 57.5 Å². The number of benzene rings is 2. The van der Waals surface area contributed by atoms with Crippen LogP contribution in [-0.4, -0.2) is 57.1 Å². The summed E-state index contributed by atoms with van der Waals surface area (Å²) in [4.78, 5) is 16.4. The Balaban J connectivity index is 1.13. The van der Waals surface area contributed by atoms with Crippen LogP contribution in [0.1, 0.15) is 48.3 Å². The van der Waals surface area contributed by atoms with Crippen molar-refractivity contribution in [3.05, 3.63) is 53.1 Å². The zero-order valence-corrected chi connectivity index (χ0v) is 19.0. The zero-order chi connectivity index (χ0) is 21.7. The smallest absolute Gasteiger partial charge is 0.139 e. The van der Waals surface area contributed by atoms with Gasteiger partial charge in [0.25, 0.3) is 0 Å². The largest absolute Gasteiger partial charge is 0.492 e. The van der Waals surface area contributed by atoms with E-state index in [1.807, 2.05) is 7.05 Å². The molecule has 3 heterocycles. The molecule has 1 saturated heterocycles. The molecule has 0 amide bonds. The van der Waals surface area contributed by atoms with Crippen molar-refractivity contribution in [3.63, 3.8) is 0 Å². The van der Waals surface area contributed by atoms with Crippen LogP contribution in [0.2, 0.25) is 0 Å². The van der Waals surface area contributed by atoms with Crippen LogP contribution in [0, 0.1) is 0 Å². The molecule has 0 aromatic heterocycles. The summed E-state index contributed by atoms with van der Waals surface area (Å²) in [5.74, 6) is 1.67. The third-order valence-electron chi connectivity index (χ3n) is 8.29. The van der Waals surface area contributed by atoms with Crippen LogP contribution < -0.4 is 15.0 Å². The van der Waals surface area contributed by atoms with Gasteiger partial charge in [0.15, 0.2) is 0 Å². The maximum atomic E-state index is 11.4. The van der Waals surface area contributed by atoms with E-state index in [-0.39, 0.29) is 0 Å². The molecule has 6 rings (SSSR count). The van der Waals surface area contributed by atoms with Gasteiger partial charge in [0, 0.05) is 43.1 Å². The Bertz CT molecular complexity index is 1030. The molecule has 5 heteroatoms. The van der Waals surface area contributed by atoms with Crippen LogP contribution in [0.25, 0.3) is 0 Å². The second-order valence-corrected chi connectivity index (χ2v) is 10.0. The van der Waals surface area contributed by atoms with Gasteiger partial charge in [0.2, 0.25) is 0 Å². The van der Waals surface area contributed by atoms with Crippen LogP contribution >= 0.6 is 0 Å². The Hall–Kier alpha value is -2.53. The summed E-state index contributed by atoms with van der Waals surface area (Å²) in [6.07, 6.45) is 6.99. The number of carbonyl (C=O) groups is 1. The standard InChI is InChI=1S/C27H33N3O2/c1-28-23-9-3-7-20-21-17-29(14-10-24(21)30(15-16-31)25(20)23)13-4-6-19-5-2-8-22-26(19)32-18-27(22)11-12-27/h2-3,5,7-9,16,21,24,28H,4,6,10-15,17-18H2,1H3. The molecule has 168 valence electrons. The molecule has 2 fully saturated rings. The summed E-state index contributed by atoms with van der Waals surface area (Å²) < 4.78 is 6.15. The van der Waals surface area contributed by atoms with E-state index in [4.69, 9.17) is 4.74 Å². The van der Waals surface area contributed by atoms with E-state index in [1.54, 1.807) is 0 Å². The predicted molar refractivity (Wildman–Crippen MR) is 128 cm³/mol. The molecular formula is C27H33N3O2. The molecule has 2 atom stereocenters. The normalized spacial score (nSPS) is 24.6. The van der Waals surface area contributed by atoms with Crippen molar-refractivity contribution in [1.29, 1.82) is 0 Å². The fourth-order valence-electron chi connectivity index (χ4n) is 6.46. The number of anilines is 2. The maximum Gasteiger partial charge on any atom is 0.139 e. The Morgan fingerprint density at radius 1 is 1.22 bits per heavy atom. The SMILES string of the molecule is CNc1cccc2c1N(CC=O)C1CCN(CCCc3cccc4c3OCC43CC3)CC21. The van der Waals surface area contributed by atoms with E-state index in [0.29, 0.717) is 23.9 Å². The first-order valence-electron chi connectivity index (χ1n) is 12.2. The number of aldehydes is 1. The molecule has 1 aliphatic carbocycles. The molecular weight excluding hydrogens is 398 g/mol. The highest BCUT2D eigenvalue weighted by atomic mass is 16.5. The predicted octanol–water partition coefficient (Wildman–Crippen LogP) is 3.96. The highest BCUT2D eigenvalue weighted by molar-refractivity contribution is 5.80. The highest BCUT2D eigenvalue weighted by Gasteiger charge is 2.51. The second-order valence-electron chi connectivity index (χ2n) is 10.0. The summed E-state index contributed by atoms with van der Waals surface area (Å²) in [7, 11) is 1.97. The van der Waals surface area contributed by atoms with Crippen LogP contribution in [0.15, 0.2) is 36.4 Å². The molecule has 2 aromatic carbocycles. The molecule has 3 aliphatic heterocycles. The Morgan fingerprint density at radius 3 is 2.91 bits per heavy atom. The number of piperidine rings is 1. The molecule has 2 unspecified atom stereocenters. The Kier molecular flexibility index (Phi) is 4.90. The van der Waals surface area contributed by atoms with E-state index in [1.165, 1.54) is 41.0 Å². The first kappa shape index (κ1) is 20.1. The van der Waals surface area contributed by atoms with Crippen molar-refractivity contribution in [2.24, 2.45) is 0 Å². The molecule has 0 radical (unpaired) electrons. The minimum absolute atomic E-state index is 0.364. The molecule has 2 aromatic rings. The number of carbonyl (C=O) groups excluding carboxylic acids is 1. The van der Waals surface area contributed by atoms with Crippen LogP contribution in [0.5, 0.6) is 5.75 Å². The van der Waals surface area contributed by atoms with Gasteiger partial charge in [-0.15, -0.1) is 0 Å². The average Bonchev–Trinajstić information content (AvgIpc) is 3.43. The first-order chi connectivity index (χ1) is 15.7. The van der Waals surface area contributed by atoms with Crippen molar-refractivity contribution in [2.45, 2.75) is 49.5 Å². The number of nitrogens with one attached hydrogen (secondary N) is 1. The molecule has 5 nitrogen and oxygen atoms in total. The summed E-state index contributed by atoms with van der Waals surface area (Å²) >= 11 is 0. The highest BCUT2D eigenvalue weighted by Crippen LogP contribution is 2.56. The number of fused-ring (bicyclic) bond motifs is 5. The number of likely N-dealkylation sites (tertiary alicyclic amines) is 1. The van der Waals surface area contributed by atoms with Crippen molar-refractivity contribution >= 4 is 17.7 Å². The lowest BCUT2D eigenvalue weighted by atomic mass is 9.88. The van der Waals surface area contributed by atoms with Crippen molar-refractivity contribution < 1.29 is 9.53 Å². The van der Waals surface area contributed by atoms with Crippen molar-refractivity contribution in [1.82, 2.24) is 4.90 Å². The van der Waals surface area contributed by atoms with Crippen molar-refractivity contribution in [2.75, 3.05) is 50.1 Å². The maximum absolute atomic E-state index is 11.4. The van der Waals surface area contributed by atoms with Gasteiger partial charge in [-0.1, -0.05) is 30.3 Å². The van der Waals surface area contributed by atoms with Gasteiger partial charge in [0.1, 0.15) is 12.0 Å². The average molecular weight is 432 g/mol. The Morgan fingerprint density at radius 2 is 2.09 bits per heavy atom. The summed E-state index contributed by atoms with van der Waals surface area (Å²) in [5, 5.41) is 3.34. The molecule has 32 heavy (non-hydrogen) atoms. The number of para-hydroxylation sites is 2. The Labute approximate surface area is 190 Å². The minimum atomic E-state index is 0.364. The summed E-state index contributed by atoms with van der Waals surface area (Å²) in [5.41, 5.74) is 7.00. The van der Waals surface area contributed by atoms with Crippen LogP contribution in [-0.2, 0) is 16.6 Å². The van der Waals surface area contributed by atoms with E-state index in [9.17, 15) is 4.79 Å². The summed E-state index contributed by atoms with van der Waals surface area (Å²) in [6.45, 7) is 4.67. The van der Waals surface area contributed by atoms with Gasteiger partial charge >= 0.3 is 0 Å². The van der Waals surface area contributed by atoms with Gasteiger partial charge in [-0.2, -0.15) is 0 Å². The van der Waals surface area contributed by atoms with Crippen LogP contribution in [0.4, 0.5) is 11.4 Å². The van der Waals surface area contributed by atoms with Crippen LogP contribution in [0.3, 0.4) is 0 Å². The van der Waals surface area contributed by atoms with Gasteiger partial charge in [-0.3, -0.25) is 0 Å². The monoisotopic (exact) mass is 431 g/mol. The lowest BCUT2D eigenvalue weighted by Gasteiger charge is -2.38. The number of nitrogens with zero attached hydrogens (tertiary/aromatic N) is 2. The number of ether oxygens (including phenoxy) is 1. The second kappa shape index (κ2) is 7.80. The quantitative estimate of drug-likeness (QED) is 0.673. The number of hydrogen-bond donors (Lipinski definition) is 1. The van der Waals surface area contributed by atoms with Gasteiger partial charge < -0.3 is 24.6 Å². The van der Waals surface area contributed by atoms with E-state index in [2.05, 4.69) is 51.5 Å². The molecule has 1 spiro atoms. The fourth-order valence-corrected chi connectivity index (χ4v) is 6.46. The fraction of sp³-hybridized carbons (Fsp3) is 0.519. The number of hydrogen-bond acceptors (Lipinski definition) is 5. The molecule has 4 aliphatic rings. The van der Waals surface area contributed by atoms with Gasteiger partial charge in [-0.25, -0.2) is 0 Å². The topological polar surface area (TPSA) is 44.8 Å². The zero-order valence-electron chi connectivity index (χ0n) is 19.0. The lowest BCUT2D eigenvalue weighted by Crippen LogP contribution is -2.47. The summed E-state index contributed by atoms with van der Waals surface area (Å²) in [6, 6.07) is 13.7. The van der Waals surface area contributed by atoms with E-state index >= 15 is 0 Å². The molecule has 0 bridgehead atoms.